The number of benzene rings is 1. The van der Waals surface area contributed by atoms with Crippen LogP contribution in [0.1, 0.15) is 43.7 Å². The van der Waals surface area contributed by atoms with Crippen LogP contribution in [-0.4, -0.2) is 40.8 Å². The molecule has 24 heavy (non-hydrogen) atoms. The number of amides is 1. The number of carbonyl (C=O) groups is 1. The van der Waals surface area contributed by atoms with Crippen molar-refractivity contribution in [2.24, 2.45) is 0 Å². The zero-order valence-electron chi connectivity index (χ0n) is 14.4. The number of piperidine rings is 1. The molecule has 0 radical (unpaired) electrons. The molecule has 0 aliphatic carbocycles. The second kappa shape index (κ2) is 7.51. The summed E-state index contributed by atoms with van der Waals surface area (Å²) in [6, 6.07) is 10.2. The molecule has 2 heterocycles. The van der Waals surface area contributed by atoms with E-state index >= 15 is 0 Å². The topological polar surface area (TPSA) is 47.4 Å². The van der Waals surface area contributed by atoms with Gasteiger partial charge >= 0.3 is 0 Å². The molecule has 3 rings (SSSR count). The summed E-state index contributed by atoms with van der Waals surface area (Å²) in [5.74, 6) is 1.20. The molecule has 1 aromatic carbocycles. The Hall–Kier alpha value is -2.30. The van der Waals surface area contributed by atoms with Crippen molar-refractivity contribution in [3.63, 3.8) is 0 Å². The minimum Gasteiger partial charge on any atom is -0.496 e. The fourth-order valence-corrected chi connectivity index (χ4v) is 3.47. The molecule has 5 nitrogen and oxygen atoms in total. The van der Waals surface area contributed by atoms with Gasteiger partial charge in [0, 0.05) is 31.9 Å². The SMILES string of the molecule is COc1ccccc1C(C)CC(=O)N1CCCC(n2cccn2)C1. The summed E-state index contributed by atoms with van der Waals surface area (Å²) in [7, 11) is 1.67. The first-order valence-corrected chi connectivity index (χ1v) is 8.59. The number of aromatic nitrogens is 2. The molecule has 2 aromatic rings. The second-order valence-corrected chi connectivity index (χ2v) is 6.47. The molecule has 1 aliphatic rings. The van der Waals surface area contributed by atoms with E-state index in [4.69, 9.17) is 4.74 Å². The Morgan fingerprint density at radius 3 is 2.96 bits per heavy atom. The standard InChI is InChI=1S/C19H25N3O2/c1-15(17-8-3-4-9-18(17)24-2)13-19(23)21-11-5-7-16(14-21)22-12-6-10-20-22/h3-4,6,8-10,12,15-16H,5,7,11,13-14H2,1-2H3. The van der Waals surface area contributed by atoms with E-state index in [0.717, 1.165) is 37.2 Å². The Kier molecular flexibility index (Phi) is 5.18. The van der Waals surface area contributed by atoms with Crippen molar-refractivity contribution in [1.82, 2.24) is 14.7 Å². The minimum atomic E-state index is 0.138. The van der Waals surface area contributed by atoms with Gasteiger partial charge in [-0.1, -0.05) is 25.1 Å². The lowest BCUT2D eigenvalue weighted by molar-refractivity contribution is -0.133. The largest absolute Gasteiger partial charge is 0.496 e. The van der Waals surface area contributed by atoms with Gasteiger partial charge in [-0.05, 0) is 36.5 Å². The zero-order chi connectivity index (χ0) is 16.9. The molecule has 0 bridgehead atoms. The predicted molar refractivity (Wildman–Crippen MR) is 93.1 cm³/mol. The fraction of sp³-hybridized carbons (Fsp3) is 0.474. The first-order valence-electron chi connectivity index (χ1n) is 8.59. The minimum absolute atomic E-state index is 0.138. The molecule has 0 saturated carbocycles. The van der Waals surface area contributed by atoms with E-state index in [0.29, 0.717) is 12.5 Å². The highest BCUT2D eigenvalue weighted by atomic mass is 16.5. The van der Waals surface area contributed by atoms with E-state index in [1.807, 2.05) is 46.1 Å². The lowest BCUT2D eigenvalue weighted by Crippen LogP contribution is -2.41. The average molecular weight is 327 g/mol. The highest BCUT2D eigenvalue weighted by molar-refractivity contribution is 5.77. The Morgan fingerprint density at radius 2 is 2.21 bits per heavy atom. The third-order valence-corrected chi connectivity index (χ3v) is 4.80. The average Bonchev–Trinajstić information content (AvgIpc) is 3.16. The van der Waals surface area contributed by atoms with Gasteiger partial charge < -0.3 is 9.64 Å². The van der Waals surface area contributed by atoms with Crippen molar-refractivity contribution < 1.29 is 9.53 Å². The number of hydrogen-bond donors (Lipinski definition) is 0. The van der Waals surface area contributed by atoms with Gasteiger partial charge in [0.05, 0.1) is 13.2 Å². The Bertz CT molecular complexity index is 669. The Morgan fingerprint density at radius 1 is 1.38 bits per heavy atom. The highest BCUT2D eigenvalue weighted by Crippen LogP contribution is 2.30. The van der Waals surface area contributed by atoms with Crippen molar-refractivity contribution >= 4 is 5.91 Å². The molecule has 1 aliphatic heterocycles. The molecule has 0 spiro atoms. The third-order valence-electron chi connectivity index (χ3n) is 4.80. The number of hydrogen-bond acceptors (Lipinski definition) is 3. The molecule has 1 fully saturated rings. The number of rotatable bonds is 5. The molecular weight excluding hydrogens is 302 g/mol. The lowest BCUT2D eigenvalue weighted by atomic mass is 9.95. The van der Waals surface area contributed by atoms with Crippen molar-refractivity contribution in [1.29, 1.82) is 0 Å². The fourth-order valence-electron chi connectivity index (χ4n) is 3.47. The number of ether oxygens (including phenoxy) is 1. The van der Waals surface area contributed by atoms with Crippen LogP contribution in [0.4, 0.5) is 0 Å². The number of para-hydroxylation sites is 1. The van der Waals surface area contributed by atoms with Crippen LogP contribution in [0.2, 0.25) is 0 Å². The quantitative estimate of drug-likeness (QED) is 0.847. The highest BCUT2D eigenvalue weighted by Gasteiger charge is 2.26. The van der Waals surface area contributed by atoms with Gasteiger partial charge in [0.2, 0.25) is 5.91 Å². The van der Waals surface area contributed by atoms with Gasteiger partial charge in [-0.25, -0.2) is 0 Å². The Balaban J connectivity index is 1.64. The number of likely N-dealkylation sites (tertiary alicyclic amines) is 1. The van der Waals surface area contributed by atoms with Crippen LogP contribution in [0.25, 0.3) is 0 Å². The summed E-state index contributed by atoms with van der Waals surface area (Å²) in [5, 5.41) is 4.33. The molecule has 128 valence electrons. The molecule has 1 aromatic heterocycles. The van der Waals surface area contributed by atoms with Gasteiger partial charge in [0.1, 0.15) is 5.75 Å². The smallest absolute Gasteiger partial charge is 0.223 e. The monoisotopic (exact) mass is 327 g/mol. The predicted octanol–water partition coefficient (Wildman–Crippen LogP) is 3.25. The van der Waals surface area contributed by atoms with Crippen LogP contribution in [0.3, 0.4) is 0 Å². The number of methoxy groups -OCH3 is 1. The van der Waals surface area contributed by atoms with Crippen molar-refractivity contribution in [3.05, 3.63) is 48.3 Å². The van der Waals surface area contributed by atoms with Gasteiger partial charge in [-0.3, -0.25) is 9.48 Å². The summed E-state index contributed by atoms with van der Waals surface area (Å²) in [4.78, 5) is 14.7. The molecule has 5 heteroatoms. The molecular formula is C19H25N3O2. The van der Waals surface area contributed by atoms with E-state index < -0.39 is 0 Å². The maximum Gasteiger partial charge on any atom is 0.223 e. The number of nitrogens with zero attached hydrogens (tertiary/aromatic N) is 3. The third kappa shape index (κ3) is 3.61. The zero-order valence-corrected chi connectivity index (χ0v) is 14.4. The van der Waals surface area contributed by atoms with Crippen LogP contribution >= 0.6 is 0 Å². The summed E-state index contributed by atoms with van der Waals surface area (Å²) >= 11 is 0. The van der Waals surface area contributed by atoms with E-state index in [2.05, 4.69) is 12.0 Å². The maximum atomic E-state index is 12.8. The first kappa shape index (κ1) is 16.6. The van der Waals surface area contributed by atoms with Gasteiger partial charge in [-0.15, -0.1) is 0 Å². The van der Waals surface area contributed by atoms with E-state index in [-0.39, 0.29) is 11.8 Å². The van der Waals surface area contributed by atoms with Crippen molar-refractivity contribution in [2.45, 2.75) is 38.1 Å². The van der Waals surface area contributed by atoms with Crippen molar-refractivity contribution in [3.8, 4) is 5.75 Å². The Labute approximate surface area is 143 Å². The summed E-state index contributed by atoms with van der Waals surface area (Å²) in [6.45, 7) is 3.68. The van der Waals surface area contributed by atoms with Crippen LogP contribution in [0, 0.1) is 0 Å². The van der Waals surface area contributed by atoms with E-state index in [1.54, 1.807) is 13.3 Å². The summed E-state index contributed by atoms with van der Waals surface area (Å²) in [6.07, 6.45) is 6.39. The number of carbonyl (C=O) groups excluding carboxylic acids is 1. The molecule has 1 amide bonds. The maximum absolute atomic E-state index is 12.8. The normalized spacial score (nSPS) is 19.1. The molecule has 1 saturated heterocycles. The van der Waals surface area contributed by atoms with Gasteiger partial charge in [0.15, 0.2) is 0 Å². The molecule has 2 atom stereocenters. The summed E-state index contributed by atoms with van der Waals surface area (Å²) in [5.41, 5.74) is 1.09. The van der Waals surface area contributed by atoms with Crippen LogP contribution in [-0.2, 0) is 4.79 Å². The lowest BCUT2D eigenvalue weighted by Gasteiger charge is -2.33. The van der Waals surface area contributed by atoms with Gasteiger partial charge in [-0.2, -0.15) is 5.10 Å². The van der Waals surface area contributed by atoms with E-state index in [9.17, 15) is 4.79 Å². The molecule has 0 N–H and O–H groups in total. The van der Waals surface area contributed by atoms with Crippen LogP contribution in [0.15, 0.2) is 42.7 Å². The first-order chi connectivity index (χ1) is 11.7. The van der Waals surface area contributed by atoms with E-state index in [1.165, 1.54) is 0 Å². The van der Waals surface area contributed by atoms with Crippen LogP contribution < -0.4 is 4.74 Å². The second-order valence-electron chi connectivity index (χ2n) is 6.47. The van der Waals surface area contributed by atoms with Gasteiger partial charge in [0.25, 0.3) is 0 Å². The van der Waals surface area contributed by atoms with Crippen molar-refractivity contribution in [2.75, 3.05) is 20.2 Å². The van der Waals surface area contributed by atoms with Crippen LogP contribution in [0.5, 0.6) is 5.75 Å². The molecule has 2 unspecified atom stereocenters. The summed E-state index contributed by atoms with van der Waals surface area (Å²) < 4.78 is 7.40.